The Kier molecular flexibility index (Phi) is 3.79. The van der Waals surface area contributed by atoms with Crippen LogP contribution in [0, 0.1) is 5.41 Å². The number of ether oxygens (including phenoxy) is 2. The molecule has 1 heterocycles. The molecule has 0 bridgehead atoms. The zero-order valence-electron chi connectivity index (χ0n) is 13.2. The molecule has 2 aromatic carbocycles. The smallest absolute Gasteiger partial charge is 0.134 e. The molecule has 0 saturated carbocycles. The monoisotopic (exact) mass is 294 g/mol. The fraction of sp³-hybridized carbons (Fsp3) is 0.300. The first kappa shape index (κ1) is 14.9. The van der Waals surface area contributed by atoms with E-state index in [1.54, 1.807) is 0 Å². The van der Waals surface area contributed by atoms with Crippen molar-refractivity contribution in [3.8, 4) is 16.9 Å². The van der Waals surface area contributed by atoms with E-state index in [0.29, 0.717) is 6.61 Å². The molecule has 22 heavy (non-hydrogen) atoms. The summed E-state index contributed by atoms with van der Waals surface area (Å²) in [5.74, 6) is 0.870. The molecule has 3 rings (SSSR count). The number of hydrogen-bond acceptors (Lipinski definition) is 2. The summed E-state index contributed by atoms with van der Waals surface area (Å²) in [6.45, 7) is 9.45. The lowest BCUT2D eigenvalue weighted by Crippen LogP contribution is -2.37. The van der Waals surface area contributed by atoms with E-state index in [0.717, 1.165) is 12.4 Å². The molecule has 2 aromatic rings. The summed E-state index contributed by atoms with van der Waals surface area (Å²) in [6.07, 6.45) is 1.95. The molecule has 1 atom stereocenters. The summed E-state index contributed by atoms with van der Waals surface area (Å²) >= 11 is 0. The van der Waals surface area contributed by atoms with E-state index in [4.69, 9.17) is 9.47 Å². The molecule has 0 amide bonds. The highest BCUT2D eigenvalue weighted by molar-refractivity contribution is 5.63. The first-order valence-electron chi connectivity index (χ1n) is 7.62. The lowest BCUT2D eigenvalue weighted by Gasteiger charge is -2.28. The topological polar surface area (TPSA) is 21.8 Å². The van der Waals surface area contributed by atoms with Gasteiger partial charge < -0.3 is 9.47 Å². The number of epoxide rings is 1. The molecule has 0 N–H and O–H groups in total. The van der Waals surface area contributed by atoms with Crippen molar-refractivity contribution in [2.75, 3.05) is 13.2 Å². The van der Waals surface area contributed by atoms with Crippen LogP contribution >= 0.6 is 0 Å². The van der Waals surface area contributed by atoms with E-state index in [2.05, 4.69) is 44.7 Å². The van der Waals surface area contributed by atoms with E-state index < -0.39 is 0 Å². The minimum atomic E-state index is -0.229. The van der Waals surface area contributed by atoms with Crippen LogP contribution in [-0.2, 0) is 4.74 Å². The second kappa shape index (κ2) is 5.62. The lowest BCUT2D eigenvalue weighted by atomic mass is 9.79. The predicted molar refractivity (Wildman–Crippen MR) is 90.0 cm³/mol. The van der Waals surface area contributed by atoms with Crippen LogP contribution in [0.5, 0.6) is 5.75 Å². The van der Waals surface area contributed by atoms with Gasteiger partial charge in [0.25, 0.3) is 0 Å². The third kappa shape index (κ3) is 2.79. The van der Waals surface area contributed by atoms with Gasteiger partial charge in [0, 0.05) is 5.41 Å². The third-order valence-electron chi connectivity index (χ3n) is 4.61. The van der Waals surface area contributed by atoms with Gasteiger partial charge in [-0.15, -0.1) is 6.58 Å². The maximum atomic E-state index is 5.94. The average Bonchev–Trinajstić information content (AvgIpc) is 3.36. The van der Waals surface area contributed by atoms with Gasteiger partial charge in [0.15, 0.2) is 0 Å². The molecule has 1 saturated heterocycles. The molecule has 0 aromatic heterocycles. The summed E-state index contributed by atoms with van der Waals surface area (Å²) in [4.78, 5) is 0. The fourth-order valence-electron chi connectivity index (χ4n) is 2.49. The zero-order valence-corrected chi connectivity index (χ0v) is 13.2. The highest BCUT2D eigenvalue weighted by Crippen LogP contribution is 2.45. The van der Waals surface area contributed by atoms with Gasteiger partial charge in [-0.3, -0.25) is 0 Å². The Bertz CT molecular complexity index is 637. The van der Waals surface area contributed by atoms with Crippen molar-refractivity contribution < 1.29 is 9.47 Å². The Morgan fingerprint density at radius 2 is 1.68 bits per heavy atom. The average molecular weight is 294 g/mol. The van der Waals surface area contributed by atoms with Gasteiger partial charge >= 0.3 is 0 Å². The van der Waals surface area contributed by atoms with Crippen molar-refractivity contribution in [3.63, 3.8) is 0 Å². The summed E-state index contributed by atoms with van der Waals surface area (Å²) in [6, 6.07) is 18.5. The van der Waals surface area contributed by atoms with E-state index in [1.165, 1.54) is 11.1 Å². The predicted octanol–water partition coefficient (Wildman–Crippen LogP) is 4.71. The maximum absolute atomic E-state index is 5.94. The van der Waals surface area contributed by atoms with Gasteiger partial charge in [-0.25, -0.2) is 0 Å². The molecular formula is C20H22O2. The fourth-order valence-corrected chi connectivity index (χ4v) is 2.49. The molecule has 0 radical (unpaired) electrons. The van der Waals surface area contributed by atoms with Crippen molar-refractivity contribution in [3.05, 3.63) is 67.3 Å². The molecule has 0 spiro atoms. The molecule has 2 nitrogen and oxygen atoms in total. The van der Waals surface area contributed by atoms with Gasteiger partial charge in [0.1, 0.15) is 18.0 Å². The first-order chi connectivity index (χ1) is 10.6. The van der Waals surface area contributed by atoms with Crippen LogP contribution in [0.25, 0.3) is 11.1 Å². The highest BCUT2D eigenvalue weighted by Gasteiger charge is 2.56. The van der Waals surface area contributed by atoms with Crippen LogP contribution in [0.15, 0.2) is 67.3 Å². The maximum Gasteiger partial charge on any atom is 0.134 e. The number of rotatable bonds is 6. The minimum absolute atomic E-state index is 0.0863. The van der Waals surface area contributed by atoms with Crippen LogP contribution in [-0.4, -0.2) is 18.8 Å². The van der Waals surface area contributed by atoms with Gasteiger partial charge in [0.05, 0.1) is 6.61 Å². The lowest BCUT2D eigenvalue weighted by molar-refractivity contribution is 0.111. The number of benzene rings is 2. The van der Waals surface area contributed by atoms with E-state index >= 15 is 0 Å². The second-order valence-electron chi connectivity index (χ2n) is 6.39. The molecular weight excluding hydrogens is 272 g/mol. The van der Waals surface area contributed by atoms with E-state index in [-0.39, 0.29) is 11.0 Å². The standard InChI is InChI=1S/C20H22O2/c1-4-19(2,3)20(15-22-20)14-21-18-12-10-17(11-13-18)16-8-6-5-7-9-16/h4-13H,1,14-15H2,2-3H3. The first-order valence-corrected chi connectivity index (χ1v) is 7.62. The zero-order chi connectivity index (χ0) is 15.6. The molecule has 2 heteroatoms. The Labute approximate surface area is 132 Å². The Hall–Kier alpha value is -2.06. The van der Waals surface area contributed by atoms with Gasteiger partial charge in [-0.05, 0) is 23.3 Å². The Morgan fingerprint density at radius 1 is 1.09 bits per heavy atom. The summed E-state index contributed by atoms with van der Waals surface area (Å²) in [5.41, 5.74) is 2.09. The number of hydrogen-bond donors (Lipinski definition) is 0. The second-order valence-corrected chi connectivity index (χ2v) is 6.39. The Balaban J connectivity index is 1.66. The van der Waals surface area contributed by atoms with Gasteiger partial charge in [0.2, 0.25) is 0 Å². The molecule has 1 aliphatic rings. The summed E-state index contributed by atoms with van der Waals surface area (Å²) < 4.78 is 11.6. The van der Waals surface area contributed by atoms with Crippen LogP contribution in [0.2, 0.25) is 0 Å². The van der Waals surface area contributed by atoms with Crippen LogP contribution in [0.1, 0.15) is 13.8 Å². The van der Waals surface area contributed by atoms with Crippen LogP contribution < -0.4 is 4.74 Å². The van der Waals surface area contributed by atoms with Gasteiger partial charge in [-0.1, -0.05) is 62.4 Å². The SMILES string of the molecule is C=CC(C)(C)C1(COc2ccc(-c3ccccc3)cc2)CO1. The van der Waals surface area contributed by atoms with Crippen molar-refractivity contribution in [1.82, 2.24) is 0 Å². The molecule has 1 unspecified atom stereocenters. The van der Waals surface area contributed by atoms with Crippen molar-refractivity contribution in [1.29, 1.82) is 0 Å². The Morgan fingerprint density at radius 3 is 2.23 bits per heavy atom. The minimum Gasteiger partial charge on any atom is -0.490 e. The van der Waals surface area contributed by atoms with Crippen molar-refractivity contribution >= 4 is 0 Å². The van der Waals surface area contributed by atoms with E-state index in [1.807, 2.05) is 36.4 Å². The van der Waals surface area contributed by atoms with Gasteiger partial charge in [-0.2, -0.15) is 0 Å². The third-order valence-corrected chi connectivity index (χ3v) is 4.61. The van der Waals surface area contributed by atoms with Crippen molar-refractivity contribution in [2.45, 2.75) is 19.4 Å². The molecule has 1 fully saturated rings. The molecule has 114 valence electrons. The van der Waals surface area contributed by atoms with Crippen LogP contribution in [0.4, 0.5) is 0 Å². The molecule has 0 aliphatic carbocycles. The highest BCUT2D eigenvalue weighted by atomic mass is 16.6. The normalized spacial score (nSPS) is 20.5. The summed E-state index contributed by atoms with van der Waals surface area (Å²) in [5, 5.41) is 0. The molecule has 1 aliphatic heterocycles. The van der Waals surface area contributed by atoms with Crippen LogP contribution in [0.3, 0.4) is 0 Å². The van der Waals surface area contributed by atoms with E-state index in [9.17, 15) is 0 Å². The quantitative estimate of drug-likeness (QED) is 0.568. The van der Waals surface area contributed by atoms with Crippen molar-refractivity contribution in [2.24, 2.45) is 5.41 Å². The largest absolute Gasteiger partial charge is 0.490 e. The summed E-state index contributed by atoms with van der Waals surface area (Å²) in [7, 11) is 0.